The van der Waals surface area contributed by atoms with Crippen LogP contribution in [0.15, 0.2) is 18.2 Å². The van der Waals surface area contributed by atoms with Crippen LogP contribution in [-0.2, 0) is 11.3 Å². The third kappa shape index (κ3) is 4.61. The number of rotatable bonds is 7. The molecule has 1 aromatic rings. The maximum Gasteiger partial charge on any atom is 0.161 e. The largest absolute Gasteiger partial charge is 0.493 e. The molecule has 0 amide bonds. The first-order valence-electron chi connectivity index (χ1n) is 7.83. The number of hydrogen-bond acceptors (Lipinski definition) is 4. The Hall–Kier alpha value is -1.26. The highest BCUT2D eigenvalue weighted by Crippen LogP contribution is 2.32. The smallest absolute Gasteiger partial charge is 0.161 e. The Balaban J connectivity index is 2.01. The lowest BCUT2D eigenvalue weighted by Gasteiger charge is -2.29. The Morgan fingerprint density at radius 2 is 1.95 bits per heavy atom. The van der Waals surface area contributed by atoms with Gasteiger partial charge in [0.25, 0.3) is 0 Å². The molecule has 0 radical (unpaired) electrons. The van der Waals surface area contributed by atoms with Gasteiger partial charge in [-0.1, -0.05) is 13.0 Å². The molecule has 0 aliphatic heterocycles. The van der Waals surface area contributed by atoms with Gasteiger partial charge in [-0.25, -0.2) is 0 Å². The fourth-order valence-electron chi connectivity index (χ4n) is 2.79. The first-order chi connectivity index (χ1) is 10.3. The monoisotopic (exact) mass is 293 g/mol. The second kappa shape index (κ2) is 8.25. The summed E-state index contributed by atoms with van der Waals surface area (Å²) in [6.45, 7) is 3.91. The molecule has 0 bridgehead atoms. The van der Waals surface area contributed by atoms with Crippen molar-refractivity contribution in [2.24, 2.45) is 0 Å². The van der Waals surface area contributed by atoms with E-state index < -0.39 is 0 Å². The summed E-state index contributed by atoms with van der Waals surface area (Å²) in [4.78, 5) is 0. The molecular weight excluding hydrogens is 266 g/mol. The molecule has 1 fully saturated rings. The van der Waals surface area contributed by atoms with Gasteiger partial charge in [0, 0.05) is 20.1 Å². The van der Waals surface area contributed by atoms with Crippen molar-refractivity contribution in [1.82, 2.24) is 5.32 Å². The van der Waals surface area contributed by atoms with Crippen molar-refractivity contribution in [3.05, 3.63) is 23.8 Å². The van der Waals surface area contributed by atoms with Crippen molar-refractivity contribution in [1.29, 1.82) is 0 Å². The molecule has 4 nitrogen and oxygen atoms in total. The number of methoxy groups -OCH3 is 2. The van der Waals surface area contributed by atoms with Gasteiger partial charge < -0.3 is 19.5 Å². The van der Waals surface area contributed by atoms with Gasteiger partial charge in [-0.15, -0.1) is 0 Å². The number of hydrogen-bond donors (Lipinski definition) is 1. The standard InChI is InChI=1S/C17H27NO3/c1-4-18-12-13-8-9-16(17(10-13)20-3)21-15-7-5-6-14(11-15)19-2/h8-10,14-15,18H,4-7,11-12H2,1-3H3. The molecule has 21 heavy (non-hydrogen) atoms. The van der Waals surface area contributed by atoms with Crippen molar-refractivity contribution >= 4 is 0 Å². The van der Waals surface area contributed by atoms with E-state index in [1.54, 1.807) is 14.2 Å². The van der Waals surface area contributed by atoms with E-state index >= 15 is 0 Å². The molecule has 0 spiro atoms. The van der Waals surface area contributed by atoms with Crippen molar-refractivity contribution in [2.75, 3.05) is 20.8 Å². The third-order valence-electron chi connectivity index (χ3n) is 4.01. The van der Waals surface area contributed by atoms with Crippen molar-refractivity contribution in [3.8, 4) is 11.5 Å². The van der Waals surface area contributed by atoms with Gasteiger partial charge in [0.05, 0.1) is 13.2 Å². The van der Waals surface area contributed by atoms with E-state index in [1.165, 1.54) is 5.56 Å². The number of nitrogens with one attached hydrogen (secondary N) is 1. The highest BCUT2D eigenvalue weighted by Gasteiger charge is 2.24. The van der Waals surface area contributed by atoms with Gasteiger partial charge in [-0.3, -0.25) is 0 Å². The van der Waals surface area contributed by atoms with Gasteiger partial charge in [0.1, 0.15) is 6.10 Å². The number of benzene rings is 1. The van der Waals surface area contributed by atoms with Gasteiger partial charge in [0.15, 0.2) is 11.5 Å². The molecular formula is C17H27NO3. The zero-order chi connectivity index (χ0) is 15.1. The second-order valence-corrected chi connectivity index (χ2v) is 5.53. The summed E-state index contributed by atoms with van der Waals surface area (Å²) in [7, 11) is 3.47. The van der Waals surface area contributed by atoms with Gasteiger partial charge in [0.2, 0.25) is 0 Å². The van der Waals surface area contributed by atoms with E-state index in [0.29, 0.717) is 6.10 Å². The van der Waals surface area contributed by atoms with E-state index in [4.69, 9.17) is 14.2 Å². The van der Waals surface area contributed by atoms with Crippen molar-refractivity contribution in [2.45, 2.75) is 51.4 Å². The third-order valence-corrected chi connectivity index (χ3v) is 4.01. The molecule has 1 saturated carbocycles. The fraction of sp³-hybridized carbons (Fsp3) is 0.647. The average Bonchev–Trinajstić information content (AvgIpc) is 2.54. The maximum atomic E-state index is 6.14. The normalized spacial score (nSPS) is 22.0. The Kier molecular flexibility index (Phi) is 6.33. The highest BCUT2D eigenvalue weighted by molar-refractivity contribution is 5.43. The second-order valence-electron chi connectivity index (χ2n) is 5.53. The van der Waals surface area contributed by atoms with Crippen LogP contribution in [0.4, 0.5) is 0 Å². The van der Waals surface area contributed by atoms with Gasteiger partial charge in [-0.2, -0.15) is 0 Å². The van der Waals surface area contributed by atoms with Crippen LogP contribution in [0.5, 0.6) is 11.5 Å². The summed E-state index contributed by atoms with van der Waals surface area (Å²) < 4.78 is 17.1. The van der Waals surface area contributed by atoms with Crippen LogP contribution in [-0.4, -0.2) is 33.0 Å². The lowest BCUT2D eigenvalue weighted by atomic mass is 9.95. The van der Waals surface area contributed by atoms with Gasteiger partial charge >= 0.3 is 0 Å². The first kappa shape index (κ1) is 16.1. The quantitative estimate of drug-likeness (QED) is 0.838. The lowest BCUT2D eigenvalue weighted by molar-refractivity contribution is 0.0201. The van der Waals surface area contributed by atoms with Crippen LogP contribution in [0.25, 0.3) is 0 Å². The highest BCUT2D eigenvalue weighted by atomic mass is 16.5. The molecule has 1 aromatic carbocycles. The Morgan fingerprint density at radius 1 is 1.14 bits per heavy atom. The molecule has 2 unspecified atom stereocenters. The lowest BCUT2D eigenvalue weighted by Crippen LogP contribution is -2.29. The van der Waals surface area contributed by atoms with Crippen LogP contribution in [0, 0.1) is 0 Å². The van der Waals surface area contributed by atoms with E-state index in [-0.39, 0.29) is 6.10 Å². The molecule has 0 heterocycles. The van der Waals surface area contributed by atoms with Crippen LogP contribution in [0.2, 0.25) is 0 Å². The summed E-state index contributed by atoms with van der Waals surface area (Å²) in [5.74, 6) is 1.64. The minimum atomic E-state index is 0.220. The summed E-state index contributed by atoms with van der Waals surface area (Å²) in [6, 6.07) is 6.16. The summed E-state index contributed by atoms with van der Waals surface area (Å²) in [6.07, 6.45) is 4.88. The first-order valence-corrected chi connectivity index (χ1v) is 7.83. The zero-order valence-electron chi connectivity index (χ0n) is 13.4. The molecule has 1 aliphatic rings. The van der Waals surface area contributed by atoms with Crippen molar-refractivity contribution in [3.63, 3.8) is 0 Å². The van der Waals surface area contributed by atoms with Gasteiger partial charge in [-0.05, 0) is 43.5 Å². The van der Waals surface area contributed by atoms with E-state index in [2.05, 4.69) is 24.4 Å². The Labute approximate surface area is 127 Å². The molecule has 4 heteroatoms. The Bertz CT molecular complexity index is 436. The molecule has 118 valence electrons. The van der Waals surface area contributed by atoms with Crippen molar-refractivity contribution < 1.29 is 14.2 Å². The predicted octanol–water partition coefficient (Wildman–Crippen LogP) is 3.14. The van der Waals surface area contributed by atoms with Crippen LogP contribution >= 0.6 is 0 Å². The average molecular weight is 293 g/mol. The summed E-state index contributed by atoms with van der Waals surface area (Å²) >= 11 is 0. The molecule has 2 atom stereocenters. The predicted molar refractivity (Wildman–Crippen MR) is 84.1 cm³/mol. The van der Waals surface area contributed by atoms with Crippen LogP contribution in [0.1, 0.15) is 38.2 Å². The molecule has 1 N–H and O–H groups in total. The zero-order valence-corrected chi connectivity index (χ0v) is 13.4. The maximum absolute atomic E-state index is 6.14. The molecule has 2 rings (SSSR count). The molecule has 1 aliphatic carbocycles. The molecule has 0 saturated heterocycles. The van der Waals surface area contributed by atoms with Crippen LogP contribution in [0.3, 0.4) is 0 Å². The van der Waals surface area contributed by atoms with E-state index in [1.807, 2.05) is 6.07 Å². The topological polar surface area (TPSA) is 39.7 Å². The molecule has 0 aromatic heterocycles. The Morgan fingerprint density at radius 3 is 2.67 bits per heavy atom. The van der Waals surface area contributed by atoms with Crippen LogP contribution < -0.4 is 14.8 Å². The summed E-state index contributed by atoms with van der Waals surface area (Å²) in [5, 5.41) is 3.32. The number of ether oxygens (including phenoxy) is 3. The SMILES string of the molecule is CCNCc1ccc(OC2CCCC(OC)C2)c(OC)c1. The van der Waals surface area contributed by atoms with E-state index in [9.17, 15) is 0 Å². The fourth-order valence-corrected chi connectivity index (χ4v) is 2.79. The van der Waals surface area contributed by atoms with E-state index in [0.717, 1.165) is 50.3 Å². The summed E-state index contributed by atoms with van der Waals surface area (Å²) in [5.41, 5.74) is 1.21. The minimum Gasteiger partial charge on any atom is -0.493 e. The minimum absolute atomic E-state index is 0.220.